The average molecular weight is 247 g/mol. The van der Waals surface area contributed by atoms with Gasteiger partial charge in [-0.25, -0.2) is 4.79 Å². The summed E-state index contributed by atoms with van der Waals surface area (Å²) in [7, 11) is 0. The summed E-state index contributed by atoms with van der Waals surface area (Å²) in [5.74, 6) is 2.50. The SMILES string of the molecule is O=C(O)c1conc1C1C2CC3CC(C2)CC1C3. The Morgan fingerprint density at radius 1 is 1.17 bits per heavy atom. The summed E-state index contributed by atoms with van der Waals surface area (Å²) in [5, 5.41) is 13.2. The molecule has 0 aliphatic heterocycles. The van der Waals surface area contributed by atoms with E-state index >= 15 is 0 Å². The van der Waals surface area contributed by atoms with Crippen LogP contribution in [-0.2, 0) is 0 Å². The highest BCUT2D eigenvalue weighted by molar-refractivity contribution is 5.88. The standard InChI is InChI=1S/C14H17NO3/c16-14(17)11-6-18-15-13(11)12-9-2-7-1-8(4-9)5-10(12)3-7/h6-10,12H,1-5H2,(H,16,17). The molecule has 18 heavy (non-hydrogen) atoms. The van der Waals surface area contributed by atoms with Crippen molar-refractivity contribution in [2.75, 3.05) is 0 Å². The van der Waals surface area contributed by atoms with Gasteiger partial charge in [-0.1, -0.05) is 5.16 Å². The number of carbonyl (C=O) groups is 1. The lowest BCUT2D eigenvalue weighted by Gasteiger charge is -2.54. The molecule has 1 aromatic rings. The predicted molar refractivity (Wildman–Crippen MR) is 63.2 cm³/mol. The van der Waals surface area contributed by atoms with Gasteiger partial charge in [0.25, 0.3) is 0 Å². The van der Waals surface area contributed by atoms with Crippen molar-refractivity contribution >= 4 is 5.97 Å². The summed E-state index contributed by atoms with van der Waals surface area (Å²) in [6.45, 7) is 0. The zero-order chi connectivity index (χ0) is 12.3. The zero-order valence-corrected chi connectivity index (χ0v) is 10.2. The molecule has 5 rings (SSSR count). The molecule has 1 aromatic heterocycles. The van der Waals surface area contributed by atoms with E-state index in [0.717, 1.165) is 17.5 Å². The van der Waals surface area contributed by atoms with Gasteiger partial charge in [-0.2, -0.15) is 0 Å². The average Bonchev–Trinajstić information content (AvgIpc) is 2.76. The number of carboxylic acid groups (broad SMARTS) is 1. The van der Waals surface area contributed by atoms with Crippen molar-refractivity contribution < 1.29 is 14.4 Å². The summed E-state index contributed by atoms with van der Waals surface area (Å²) in [6, 6.07) is 0. The minimum absolute atomic E-state index is 0.285. The van der Waals surface area contributed by atoms with Crippen LogP contribution in [0, 0.1) is 23.7 Å². The molecule has 0 radical (unpaired) electrons. The third-order valence-electron chi connectivity index (χ3n) is 5.37. The second-order valence-electron chi connectivity index (χ2n) is 6.38. The first-order valence-electron chi connectivity index (χ1n) is 6.90. The van der Waals surface area contributed by atoms with Crippen LogP contribution < -0.4 is 0 Å². The van der Waals surface area contributed by atoms with Crippen molar-refractivity contribution in [1.82, 2.24) is 5.16 Å². The van der Waals surface area contributed by atoms with Gasteiger partial charge in [0.05, 0.1) is 0 Å². The van der Waals surface area contributed by atoms with Crippen LogP contribution in [0.15, 0.2) is 10.8 Å². The third-order valence-corrected chi connectivity index (χ3v) is 5.37. The Labute approximate surface area is 105 Å². The van der Waals surface area contributed by atoms with Gasteiger partial charge in [-0.15, -0.1) is 0 Å². The van der Waals surface area contributed by atoms with Crippen molar-refractivity contribution in [1.29, 1.82) is 0 Å². The fraction of sp³-hybridized carbons (Fsp3) is 0.714. The maximum Gasteiger partial charge on any atom is 0.340 e. The first-order chi connectivity index (χ1) is 8.72. The highest BCUT2D eigenvalue weighted by Crippen LogP contribution is 2.59. The second kappa shape index (κ2) is 3.59. The molecule has 4 saturated carbocycles. The van der Waals surface area contributed by atoms with E-state index in [1.807, 2.05) is 0 Å². The van der Waals surface area contributed by atoms with Crippen LogP contribution in [0.25, 0.3) is 0 Å². The topological polar surface area (TPSA) is 63.3 Å². The van der Waals surface area contributed by atoms with Crippen LogP contribution >= 0.6 is 0 Å². The Morgan fingerprint density at radius 3 is 2.33 bits per heavy atom. The molecule has 96 valence electrons. The first kappa shape index (κ1) is 10.6. The minimum Gasteiger partial charge on any atom is -0.478 e. The fourth-order valence-electron chi connectivity index (χ4n) is 5.02. The quantitative estimate of drug-likeness (QED) is 0.872. The first-order valence-corrected chi connectivity index (χ1v) is 6.90. The van der Waals surface area contributed by atoms with Gasteiger partial charge in [0.1, 0.15) is 17.5 Å². The van der Waals surface area contributed by atoms with E-state index in [9.17, 15) is 9.90 Å². The van der Waals surface area contributed by atoms with Crippen LogP contribution in [0.2, 0.25) is 0 Å². The second-order valence-corrected chi connectivity index (χ2v) is 6.38. The number of aromatic carboxylic acids is 1. The predicted octanol–water partition coefficient (Wildman–Crippen LogP) is 2.91. The Bertz CT molecular complexity index is 465. The maximum absolute atomic E-state index is 11.2. The molecule has 0 atom stereocenters. The van der Waals surface area contributed by atoms with Gasteiger partial charge >= 0.3 is 5.97 Å². The van der Waals surface area contributed by atoms with Crippen molar-refractivity contribution in [2.45, 2.75) is 38.0 Å². The summed E-state index contributed by atoms with van der Waals surface area (Å²) < 4.78 is 4.93. The summed E-state index contributed by atoms with van der Waals surface area (Å²) >= 11 is 0. The smallest absolute Gasteiger partial charge is 0.340 e. The zero-order valence-electron chi connectivity index (χ0n) is 10.2. The molecule has 0 amide bonds. The molecule has 0 spiro atoms. The Hall–Kier alpha value is -1.32. The van der Waals surface area contributed by atoms with E-state index in [0.29, 0.717) is 17.8 Å². The van der Waals surface area contributed by atoms with E-state index in [-0.39, 0.29) is 5.56 Å². The van der Waals surface area contributed by atoms with Gasteiger partial charge < -0.3 is 9.63 Å². The summed E-state index contributed by atoms with van der Waals surface area (Å²) in [5.41, 5.74) is 1.00. The monoisotopic (exact) mass is 247 g/mol. The number of nitrogens with zero attached hydrogens (tertiary/aromatic N) is 1. The van der Waals surface area contributed by atoms with Crippen molar-refractivity contribution in [3.05, 3.63) is 17.5 Å². The maximum atomic E-state index is 11.2. The Kier molecular flexibility index (Phi) is 2.11. The molecule has 4 aliphatic rings. The Morgan fingerprint density at radius 2 is 1.78 bits per heavy atom. The molecule has 4 nitrogen and oxygen atoms in total. The van der Waals surface area contributed by atoms with E-state index < -0.39 is 5.97 Å². The van der Waals surface area contributed by atoms with Gasteiger partial charge in [0.2, 0.25) is 0 Å². The van der Waals surface area contributed by atoms with Crippen molar-refractivity contribution in [3.63, 3.8) is 0 Å². The summed E-state index contributed by atoms with van der Waals surface area (Å²) in [6.07, 6.45) is 7.77. The highest BCUT2D eigenvalue weighted by atomic mass is 16.5. The van der Waals surface area contributed by atoms with E-state index in [4.69, 9.17) is 4.52 Å². The lowest BCUT2D eigenvalue weighted by Crippen LogP contribution is -2.44. The molecule has 4 bridgehead atoms. The molecule has 1 heterocycles. The van der Waals surface area contributed by atoms with Gasteiger partial charge in [-0.3, -0.25) is 0 Å². The largest absolute Gasteiger partial charge is 0.478 e. The normalized spacial score (nSPS) is 41.2. The minimum atomic E-state index is -0.903. The van der Waals surface area contributed by atoms with Crippen LogP contribution in [0.5, 0.6) is 0 Å². The number of hydrogen-bond donors (Lipinski definition) is 1. The molecule has 4 fully saturated rings. The molecule has 4 heteroatoms. The molecule has 1 N–H and O–H groups in total. The number of carboxylic acids is 1. The fourth-order valence-corrected chi connectivity index (χ4v) is 5.02. The van der Waals surface area contributed by atoms with Crippen LogP contribution in [0.4, 0.5) is 0 Å². The Balaban J connectivity index is 1.72. The molecule has 4 aliphatic carbocycles. The van der Waals surface area contributed by atoms with Gasteiger partial charge in [0.15, 0.2) is 0 Å². The van der Waals surface area contributed by atoms with Gasteiger partial charge in [-0.05, 0) is 55.8 Å². The summed E-state index contributed by atoms with van der Waals surface area (Å²) in [4.78, 5) is 11.2. The lowest BCUT2D eigenvalue weighted by molar-refractivity contribution is -0.00537. The highest BCUT2D eigenvalue weighted by Gasteiger charge is 2.50. The molecule has 0 saturated heterocycles. The number of hydrogen-bond acceptors (Lipinski definition) is 3. The van der Waals surface area contributed by atoms with Crippen LogP contribution in [-0.4, -0.2) is 16.2 Å². The van der Waals surface area contributed by atoms with Gasteiger partial charge in [0, 0.05) is 5.92 Å². The van der Waals surface area contributed by atoms with Crippen molar-refractivity contribution in [3.8, 4) is 0 Å². The lowest BCUT2D eigenvalue weighted by atomic mass is 9.51. The number of aromatic nitrogens is 1. The molecule has 0 unspecified atom stereocenters. The van der Waals surface area contributed by atoms with E-state index in [1.165, 1.54) is 38.4 Å². The van der Waals surface area contributed by atoms with Crippen LogP contribution in [0.1, 0.15) is 54.1 Å². The van der Waals surface area contributed by atoms with E-state index in [2.05, 4.69) is 5.16 Å². The third kappa shape index (κ3) is 1.38. The van der Waals surface area contributed by atoms with Crippen LogP contribution in [0.3, 0.4) is 0 Å². The molecular formula is C14H17NO3. The van der Waals surface area contributed by atoms with E-state index in [1.54, 1.807) is 0 Å². The molecule has 0 aromatic carbocycles. The molecular weight excluding hydrogens is 230 g/mol. The van der Waals surface area contributed by atoms with Crippen molar-refractivity contribution in [2.24, 2.45) is 23.7 Å². The number of rotatable bonds is 2.